The van der Waals surface area contributed by atoms with Crippen LogP contribution >= 0.6 is 0 Å². The standard InChI is InChI=1S/C35H58O6/c1-8-20(2)32(39)40-24-15-16-34(6)23(17-24)18-28(36)31-26-13-12-25(35(26,7)29(37)19-27(31)34)21(3)9-14-30(38)41-33(4,5)22-10-11-22/h20-29,31,36-37H,8-19H2,1-7H3/t20?,21?,23?,24?,25?,26?,27?,28?,29?,31?,34-,35+/m0/s1. The highest BCUT2D eigenvalue weighted by Gasteiger charge is 2.66. The minimum absolute atomic E-state index is 0.0489. The summed E-state index contributed by atoms with van der Waals surface area (Å²) in [6.45, 7) is 15.0. The Hall–Kier alpha value is -1.14. The fraction of sp³-hybridized carbons (Fsp3) is 0.943. The van der Waals surface area contributed by atoms with Gasteiger partial charge in [-0.1, -0.05) is 34.6 Å². The lowest BCUT2D eigenvalue weighted by atomic mass is 9.43. The second-order valence-corrected chi connectivity index (χ2v) is 16.1. The van der Waals surface area contributed by atoms with Crippen molar-refractivity contribution in [3.05, 3.63) is 0 Å². The third-order valence-corrected chi connectivity index (χ3v) is 13.5. The van der Waals surface area contributed by atoms with Gasteiger partial charge in [-0.25, -0.2) is 0 Å². The van der Waals surface area contributed by atoms with Crippen LogP contribution in [0.3, 0.4) is 0 Å². The Bertz CT molecular complexity index is 974. The summed E-state index contributed by atoms with van der Waals surface area (Å²) < 4.78 is 11.8. The monoisotopic (exact) mass is 574 g/mol. The quantitative estimate of drug-likeness (QED) is 0.298. The maximum Gasteiger partial charge on any atom is 0.308 e. The van der Waals surface area contributed by atoms with E-state index in [1.54, 1.807) is 0 Å². The molecule has 6 heteroatoms. The summed E-state index contributed by atoms with van der Waals surface area (Å²) in [5, 5.41) is 23.6. The minimum Gasteiger partial charge on any atom is -0.462 e. The molecule has 5 fully saturated rings. The number of carbonyl (C=O) groups is 2. The Labute approximate surface area is 248 Å². The molecule has 0 saturated heterocycles. The largest absolute Gasteiger partial charge is 0.462 e. The maximum absolute atomic E-state index is 12.7. The second-order valence-electron chi connectivity index (χ2n) is 16.1. The minimum atomic E-state index is -0.409. The molecular formula is C35H58O6. The predicted octanol–water partition coefficient (Wildman–Crippen LogP) is 6.69. The van der Waals surface area contributed by atoms with Gasteiger partial charge >= 0.3 is 11.9 Å². The Morgan fingerprint density at radius 2 is 1.68 bits per heavy atom. The third kappa shape index (κ3) is 5.63. The number of hydrogen-bond donors (Lipinski definition) is 2. The van der Waals surface area contributed by atoms with Crippen LogP contribution in [0.4, 0.5) is 0 Å². The molecular weight excluding hydrogens is 516 g/mol. The second kappa shape index (κ2) is 11.4. The van der Waals surface area contributed by atoms with Crippen molar-refractivity contribution in [1.82, 2.24) is 0 Å². The molecule has 0 heterocycles. The number of ether oxygens (including phenoxy) is 2. The van der Waals surface area contributed by atoms with Crippen LogP contribution in [-0.4, -0.2) is 46.1 Å². The van der Waals surface area contributed by atoms with Crippen molar-refractivity contribution in [3.63, 3.8) is 0 Å². The molecule has 6 nitrogen and oxygen atoms in total. The summed E-state index contributed by atoms with van der Waals surface area (Å²) in [4.78, 5) is 25.2. The highest BCUT2D eigenvalue weighted by atomic mass is 16.6. The van der Waals surface area contributed by atoms with E-state index in [-0.39, 0.29) is 64.2 Å². The number of esters is 2. The first kappa shape index (κ1) is 31.3. The lowest BCUT2D eigenvalue weighted by Gasteiger charge is -2.63. The third-order valence-electron chi connectivity index (χ3n) is 13.5. The molecule has 2 N–H and O–H groups in total. The summed E-state index contributed by atoms with van der Waals surface area (Å²) in [5.74, 6) is 1.97. The van der Waals surface area contributed by atoms with E-state index >= 15 is 0 Å². The van der Waals surface area contributed by atoms with Crippen LogP contribution in [0.2, 0.25) is 0 Å². The van der Waals surface area contributed by atoms with E-state index in [4.69, 9.17) is 9.47 Å². The van der Waals surface area contributed by atoms with E-state index in [0.717, 1.165) is 70.6 Å². The van der Waals surface area contributed by atoms with Crippen LogP contribution in [0.5, 0.6) is 0 Å². The zero-order valence-corrected chi connectivity index (χ0v) is 26.9. The van der Waals surface area contributed by atoms with Crippen molar-refractivity contribution >= 4 is 11.9 Å². The van der Waals surface area contributed by atoms with Crippen LogP contribution in [-0.2, 0) is 19.1 Å². The van der Waals surface area contributed by atoms with Gasteiger partial charge in [-0.15, -0.1) is 0 Å². The molecule has 0 aromatic heterocycles. The molecule has 5 aliphatic rings. The fourth-order valence-corrected chi connectivity index (χ4v) is 10.4. The molecule has 0 bridgehead atoms. The summed E-state index contributed by atoms with van der Waals surface area (Å²) in [5.41, 5.74) is -0.558. The molecule has 5 saturated carbocycles. The molecule has 0 aromatic rings. The Kier molecular flexibility index (Phi) is 8.71. The molecule has 0 radical (unpaired) electrons. The van der Waals surface area contributed by atoms with E-state index in [2.05, 4.69) is 20.8 Å². The van der Waals surface area contributed by atoms with Crippen LogP contribution in [0, 0.1) is 58.2 Å². The first-order chi connectivity index (χ1) is 19.2. The smallest absolute Gasteiger partial charge is 0.308 e. The Morgan fingerprint density at radius 3 is 2.34 bits per heavy atom. The van der Waals surface area contributed by atoms with Gasteiger partial charge in [0.25, 0.3) is 0 Å². The first-order valence-corrected chi connectivity index (χ1v) is 17.0. The van der Waals surface area contributed by atoms with E-state index in [1.165, 1.54) is 0 Å². The van der Waals surface area contributed by atoms with E-state index < -0.39 is 6.10 Å². The molecule has 12 atom stereocenters. The van der Waals surface area contributed by atoms with Crippen LogP contribution < -0.4 is 0 Å². The molecule has 234 valence electrons. The number of aliphatic hydroxyl groups excluding tert-OH is 2. The van der Waals surface area contributed by atoms with Crippen LogP contribution in [0.1, 0.15) is 126 Å². The number of carbonyl (C=O) groups excluding carboxylic acids is 2. The molecule has 5 rings (SSSR count). The summed E-state index contributed by atoms with van der Waals surface area (Å²) in [7, 11) is 0. The zero-order chi connectivity index (χ0) is 29.9. The van der Waals surface area contributed by atoms with Gasteiger partial charge in [0, 0.05) is 6.42 Å². The van der Waals surface area contributed by atoms with Gasteiger partial charge < -0.3 is 19.7 Å². The maximum atomic E-state index is 12.7. The molecule has 10 unspecified atom stereocenters. The first-order valence-electron chi connectivity index (χ1n) is 17.0. The summed E-state index contributed by atoms with van der Waals surface area (Å²) >= 11 is 0. The lowest BCUT2D eigenvalue weighted by Crippen LogP contribution is -2.62. The van der Waals surface area contributed by atoms with Gasteiger partial charge in [0.05, 0.1) is 18.1 Å². The van der Waals surface area contributed by atoms with Crippen molar-refractivity contribution in [3.8, 4) is 0 Å². The normalized spacial score (nSPS) is 43.7. The number of fused-ring (bicyclic) bond motifs is 5. The zero-order valence-electron chi connectivity index (χ0n) is 26.9. The van der Waals surface area contributed by atoms with Crippen molar-refractivity contribution in [2.75, 3.05) is 0 Å². The van der Waals surface area contributed by atoms with Gasteiger partial charge in [0.15, 0.2) is 0 Å². The molecule has 0 aromatic carbocycles. The highest BCUT2D eigenvalue weighted by molar-refractivity contribution is 5.72. The number of hydrogen-bond acceptors (Lipinski definition) is 6. The van der Waals surface area contributed by atoms with Crippen molar-refractivity contribution in [2.45, 2.75) is 149 Å². The van der Waals surface area contributed by atoms with Gasteiger partial charge in [-0.3, -0.25) is 9.59 Å². The average molecular weight is 575 g/mol. The molecule has 0 aliphatic heterocycles. The molecule has 41 heavy (non-hydrogen) atoms. The highest BCUT2D eigenvalue weighted by Crippen LogP contribution is 2.68. The van der Waals surface area contributed by atoms with E-state index in [0.29, 0.717) is 30.1 Å². The number of rotatable bonds is 9. The van der Waals surface area contributed by atoms with Gasteiger partial charge in [0.2, 0.25) is 0 Å². The van der Waals surface area contributed by atoms with Crippen molar-refractivity contribution in [1.29, 1.82) is 0 Å². The average Bonchev–Trinajstić information content (AvgIpc) is 3.71. The van der Waals surface area contributed by atoms with Gasteiger partial charge in [-0.2, -0.15) is 0 Å². The van der Waals surface area contributed by atoms with Crippen LogP contribution in [0.25, 0.3) is 0 Å². The van der Waals surface area contributed by atoms with Crippen LogP contribution in [0.15, 0.2) is 0 Å². The Balaban J connectivity index is 1.25. The molecule has 0 amide bonds. The SMILES string of the molecule is CCC(C)C(=O)OC1CC[C@@]2(C)C(C1)CC(O)C1C2CC(O)[C@]2(C)C(C(C)CCC(=O)OC(C)(C)C3CC3)CCC12. The fourth-order valence-electron chi connectivity index (χ4n) is 10.4. The van der Waals surface area contributed by atoms with E-state index in [1.807, 2.05) is 27.7 Å². The topological polar surface area (TPSA) is 93.1 Å². The number of aliphatic hydroxyl groups is 2. The summed E-state index contributed by atoms with van der Waals surface area (Å²) in [6.07, 6.45) is 9.72. The van der Waals surface area contributed by atoms with Crippen molar-refractivity contribution in [2.24, 2.45) is 58.2 Å². The van der Waals surface area contributed by atoms with Crippen molar-refractivity contribution < 1.29 is 29.3 Å². The lowest BCUT2D eigenvalue weighted by molar-refractivity contribution is -0.210. The van der Waals surface area contributed by atoms with Gasteiger partial charge in [0.1, 0.15) is 11.7 Å². The van der Waals surface area contributed by atoms with E-state index in [9.17, 15) is 19.8 Å². The summed E-state index contributed by atoms with van der Waals surface area (Å²) in [6, 6.07) is 0. The molecule has 5 aliphatic carbocycles. The predicted molar refractivity (Wildman–Crippen MR) is 159 cm³/mol. The van der Waals surface area contributed by atoms with Gasteiger partial charge in [-0.05, 0) is 137 Å². The Morgan fingerprint density at radius 1 is 0.976 bits per heavy atom. The molecule has 0 spiro atoms.